The van der Waals surface area contributed by atoms with Crippen LogP contribution in [0.15, 0.2) is 78.1 Å². The molecular formula is C33H45N7O. The Kier molecular flexibility index (Phi) is 10.4. The van der Waals surface area contributed by atoms with E-state index in [0.29, 0.717) is 35.5 Å². The van der Waals surface area contributed by atoms with Crippen molar-refractivity contribution in [2.45, 2.75) is 59.3 Å². The SMILES string of the molecule is C=CCN1C(=O)C(=C/C)/C(=N\C(=C)Nc2ccc(N3CCNCC3)cc2)N1c1ccc2c(n1)C(CC)CC2.CCC. The summed E-state index contributed by atoms with van der Waals surface area (Å²) in [5.41, 5.74) is 5.02. The summed E-state index contributed by atoms with van der Waals surface area (Å²) < 4.78 is 0. The summed E-state index contributed by atoms with van der Waals surface area (Å²) >= 11 is 0. The van der Waals surface area contributed by atoms with Gasteiger partial charge in [-0.3, -0.25) is 4.79 Å². The van der Waals surface area contributed by atoms with Crippen molar-refractivity contribution in [1.29, 1.82) is 0 Å². The number of piperazine rings is 1. The third-order valence-electron chi connectivity index (χ3n) is 7.47. The van der Waals surface area contributed by atoms with Crippen LogP contribution in [0.25, 0.3) is 0 Å². The van der Waals surface area contributed by atoms with Crippen LogP contribution in [0.5, 0.6) is 0 Å². The van der Waals surface area contributed by atoms with Crippen molar-refractivity contribution in [3.05, 3.63) is 84.4 Å². The molecule has 1 aromatic carbocycles. The number of amidine groups is 1. The number of amides is 1. The summed E-state index contributed by atoms with van der Waals surface area (Å²) in [6, 6.07) is 12.4. The number of hydrogen-bond donors (Lipinski definition) is 2. The monoisotopic (exact) mass is 555 g/mol. The number of rotatable bonds is 8. The fourth-order valence-electron chi connectivity index (χ4n) is 5.47. The second kappa shape index (κ2) is 14.1. The Labute approximate surface area is 245 Å². The molecule has 0 saturated carbocycles. The van der Waals surface area contributed by atoms with E-state index in [1.807, 2.05) is 30.1 Å². The summed E-state index contributed by atoms with van der Waals surface area (Å²) in [5, 5.41) is 10.1. The average molecular weight is 556 g/mol. The molecule has 2 fully saturated rings. The summed E-state index contributed by atoms with van der Waals surface area (Å²) in [7, 11) is 0. The molecule has 1 aliphatic carbocycles. The van der Waals surface area contributed by atoms with Gasteiger partial charge < -0.3 is 15.5 Å². The van der Waals surface area contributed by atoms with E-state index in [-0.39, 0.29) is 5.91 Å². The van der Waals surface area contributed by atoms with Crippen molar-refractivity contribution in [3.8, 4) is 0 Å². The van der Waals surface area contributed by atoms with Crippen molar-refractivity contribution in [2.24, 2.45) is 4.99 Å². The smallest absolute Gasteiger partial charge is 0.276 e. The van der Waals surface area contributed by atoms with Crippen molar-refractivity contribution in [1.82, 2.24) is 15.3 Å². The fourth-order valence-corrected chi connectivity index (χ4v) is 5.47. The normalized spacial score (nSPS) is 20.2. The van der Waals surface area contributed by atoms with Crippen molar-refractivity contribution in [3.63, 3.8) is 0 Å². The van der Waals surface area contributed by atoms with E-state index >= 15 is 0 Å². The summed E-state index contributed by atoms with van der Waals surface area (Å²) in [4.78, 5) is 25.6. The van der Waals surface area contributed by atoms with E-state index < -0.39 is 0 Å². The van der Waals surface area contributed by atoms with Crippen molar-refractivity contribution in [2.75, 3.05) is 47.9 Å². The third-order valence-corrected chi connectivity index (χ3v) is 7.47. The van der Waals surface area contributed by atoms with Gasteiger partial charge in [-0.05, 0) is 62.1 Å². The number of allylic oxidation sites excluding steroid dienone is 1. The van der Waals surface area contributed by atoms with Crippen LogP contribution in [0.3, 0.4) is 0 Å². The minimum atomic E-state index is -0.131. The van der Waals surface area contributed by atoms with Crippen LogP contribution in [0.4, 0.5) is 17.2 Å². The first-order chi connectivity index (χ1) is 19.9. The largest absolute Gasteiger partial charge is 0.369 e. The number of nitrogens with zero attached hydrogens (tertiary/aromatic N) is 5. The second-order valence-electron chi connectivity index (χ2n) is 10.5. The molecule has 1 unspecified atom stereocenters. The maximum atomic E-state index is 13.4. The first-order valence-corrected chi connectivity index (χ1v) is 14.9. The van der Waals surface area contributed by atoms with Gasteiger partial charge in [0, 0.05) is 49.2 Å². The van der Waals surface area contributed by atoms with Gasteiger partial charge in [0.05, 0.1) is 12.1 Å². The van der Waals surface area contributed by atoms with Gasteiger partial charge in [0.25, 0.3) is 5.91 Å². The zero-order valence-corrected chi connectivity index (χ0v) is 25.1. The highest BCUT2D eigenvalue weighted by atomic mass is 16.2. The van der Waals surface area contributed by atoms with E-state index in [0.717, 1.165) is 56.8 Å². The van der Waals surface area contributed by atoms with Gasteiger partial charge in [-0.25, -0.2) is 20.0 Å². The molecule has 2 aromatic rings. The van der Waals surface area contributed by atoms with Crippen LogP contribution in [-0.4, -0.2) is 54.5 Å². The molecule has 1 aromatic heterocycles. The van der Waals surface area contributed by atoms with Gasteiger partial charge in [0.2, 0.25) is 0 Å². The van der Waals surface area contributed by atoms with Crippen LogP contribution in [0.1, 0.15) is 64.1 Å². The van der Waals surface area contributed by atoms with E-state index in [2.05, 4.69) is 67.7 Å². The Balaban J connectivity index is 0.00000124. The number of hydrogen-bond acceptors (Lipinski definition) is 6. The molecule has 2 aliphatic heterocycles. The number of hydrazine groups is 1. The lowest BCUT2D eigenvalue weighted by molar-refractivity contribution is -0.124. The van der Waals surface area contributed by atoms with E-state index in [4.69, 9.17) is 9.98 Å². The first kappa shape index (κ1) is 30.1. The Morgan fingerprint density at radius 3 is 2.49 bits per heavy atom. The number of aliphatic imine (C=N–C) groups is 1. The molecule has 8 heteroatoms. The van der Waals surface area contributed by atoms with E-state index in [1.54, 1.807) is 17.2 Å². The molecular weight excluding hydrogens is 510 g/mol. The number of carbonyl (C=O) groups is 1. The Bertz CT molecular complexity index is 1290. The lowest BCUT2D eigenvalue weighted by atomic mass is 10.0. The molecule has 8 nitrogen and oxygen atoms in total. The average Bonchev–Trinajstić information content (AvgIpc) is 3.51. The lowest BCUT2D eigenvalue weighted by Gasteiger charge is -2.29. The highest BCUT2D eigenvalue weighted by Gasteiger charge is 2.40. The molecule has 0 radical (unpaired) electrons. The number of pyridine rings is 1. The topological polar surface area (TPSA) is 76.1 Å². The number of benzene rings is 1. The van der Waals surface area contributed by atoms with Crippen LogP contribution in [-0.2, 0) is 11.2 Å². The van der Waals surface area contributed by atoms with Crippen LogP contribution < -0.4 is 20.5 Å². The Hall–Kier alpha value is -3.91. The zero-order chi connectivity index (χ0) is 29.4. The van der Waals surface area contributed by atoms with E-state index in [9.17, 15) is 4.79 Å². The molecule has 1 atom stereocenters. The maximum Gasteiger partial charge on any atom is 0.276 e. The molecule has 5 rings (SSSR count). The predicted octanol–water partition coefficient (Wildman–Crippen LogP) is 6.03. The molecule has 218 valence electrons. The maximum absolute atomic E-state index is 13.4. The molecule has 2 saturated heterocycles. The highest BCUT2D eigenvalue weighted by molar-refractivity contribution is 6.31. The molecule has 41 heavy (non-hydrogen) atoms. The van der Waals surface area contributed by atoms with Crippen LogP contribution >= 0.6 is 0 Å². The van der Waals surface area contributed by atoms with E-state index in [1.165, 1.54) is 17.7 Å². The highest BCUT2D eigenvalue weighted by Crippen LogP contribution is 2.37. The quantitative estimate of drug-likeness (QED) is 0.306. The molecule has 0 bridgehead atoms. The Morgan fingerprint density at radius 1 is 1.15 bits per heavy atom. The molecule has 1 amide bonds. The molecule has 0 spiro atoms. The van der Waals surface area contributed by atoms with Gasteiger partial charge in [-0.15, -0.1) is 6.58 Å². The number of anilines is 3. The summed E-state index contributed by atoms with van der Waals surface area (Å²) in [5.74, 6) is 1.95. The van der Waals surface area contributed by atoms with Crippen molar-refractivity contribution >= 4 is 28.9 Å². The molecule has 2 N–H and O–H groups in total. The van der Waals surface area contributed by atoms with Crippen LogP contribution in [0, 0.1) is 0 Å². The molecule has 3 aliphatic rings. The first-order valence-electron chi connectivity index (χ1n) is 14.9. The number of carbonyl (C=O) groups excluding carboxylic acids is 1. The van der Waals surface area contributed by atoms with Gasteiger partial charge in [0.15, 0.2) is 11.7 Å². The number of aromatic nitrogens is 1. The zero-order valence-electron chi connectivity index (χ0n) is 25.1. The Morgan fingerprint density at radius 2 is 1.85 bits per heavy atom. The lowest BCUT2D eigenvalue weighted by Crippen LogP contribution is -2.43. The second-order valence-corrected chi connectivity index (χ2v) is 10.5. The summed E-state index contributed by atoms with van der Waals surface area (Å²) in [6.07, 6.45) is 7.98. The molecule has 3 heterocycles. The minimum Gasteiger partial charge on any atom is -0.369 e. The fraction of sp³-hybridized carbons (Fsp3) is 0.424. The minimum absolute atomic E-state index is 0.131. The standard InChI is InChI=1S/C30H37N7O.C3H8/c1-5-18-36-30(38)26(7-3)29(37(36)27-15-10-23-9-8-22(6-2)28(23)34-27)33-21(4)32-24-11-13-25(14-12-24)35-19-16-31-17-20-35;1-3-2/h5,7,10-15,22,31-32H,1,4,6,8-9,16-20H2,2-3H3;3H2,1-2H3/b26-7+,33-29+;. The summed E-state index contributed by atoms with van der Waals surface area (Å²) in [6.45, 7) is 20.7. The van der Waals surface area contributed by atoms with Crippen molar-refractivity contribution < 1.29 is 4.79 Å². The number of aryl methyl sites for hydroxylation is 1. The van der Waals surface area contributed by atoms with Gasteiger partial charge in [-0.1, -0.05) is 52.0 Å². The van der Waals surface area contributed by atoms with Gasteiger partial charge in [-0.2, -0.15) is 0 Å². The number of fused-ring (bicyclic) bond motifs is 1. The van der Waals surface area contributed by atoms with Gasteiger partial charge in [0.1, 0.15) is 5.82 Å². The third kappa shape index (κ3) is 6.70. The predicted molar refractivity (Wildman–Crippen MR) is 171 cm³/mol. The van der Waals surface area contributed by atoms with Gasteiger partial charge >= 0.3 is 0 Å². The number of nitrogens with one attached hydrogen (secondary N) is 2. The van der Waals surface area contributed by atoms with Crippen LogP contribution in [0.2, 0.25) is 0 Å².